The van der Waals surface area contributed by atoms with E-state index < -0.39 is 0 Å². The summed E-state index contributed by atoms with van der Waals surface area (Å²) in [7, 11) is 1.69. The number of pyridine rings is 1. The lowest BCUT2D eigenvalue weighted by Gasteiger charge is -2.10. The number of aromatic amines is 1. The second-order valence-electron chi connectivity index (χ2n) is 7.11. The van der Waals surface area contributed by atoms with E-state index in [0.29, 0.717) is 23.6 Å². The number of anilines is 2. The molecule has 7 nitrogen and oxygen atoms in total. The van der Waals surface area contributed by atoms with Crippen LogP contribution in [0.4, 0.5) is 16.0 Å². The molecule has 0 spiro atoms. The van der Waals surface area contributed by atoms with Gasteiger partial charge in [-0.25, -0.2) is 9.37 Å². The van der Waals surface area contributed by atoms with Crippen molar-refractivity contribution < 1.29 is 4.39 Å². The molecular formula is C22H17FN6O. The second kappa shape index (κ2) is 7.07. The van der Waals surface area contributed by atoms with Crippen LogP contribution in [-0.2, 0) is 13.5 Å². The van der Waals surface area contributed by atoms with E-state index >= 15 is 0 Å². The Labute approximate surface area is 170 Å². The van der Waals surface area contributed by atoms with Crippen molar-refractivity contribution in [2.24, 2.45) is 7.05 Å². The predicted octanol–water partition coefficient (Wildman–Crippen LogP) is 3.68. The first-order chi connectivity index (χ1) is 14.6. The molecule has 2 aromatic carbocycles. The monoisotopic (exact) mass is 400 g/mol. The summed E-state index contributed by atoms with van der Waals surface area (Å²) in [5.41, 5.74) is 3.62. The minimum absolute atomic E-state index is 0.142. The van der Waals surface area contributed by atoms with Gasteiger partial charge in [0, 0.05) is 41.7 Å². The lowest BCUT2D eigenvalue weighted by atomic mass is 10.1. The van der Waals surface area contributed by atoms with Crippen molar-refractivity contribution in [3.8, 4) is 0 Å². The van der Waals surface area contributed by atoms with E-state index in [-0.39, 0.29) is 11.4 Å². The third-order valence-electron chi connectivity index (χ3n) is 5.03. The van der Waals surface area contributed by atoms with Crippen molar-refractivity contribution in [2.75, 3.05) is 5.32 Å². The lowest BCUT2D eigenvalue weighted by Crippen LogP contribution is -2.22. The molecule has 3 aromatic heterocycles. The van der Waals surface area contributed by atoms with E-state index in [1.54, 1.807) is 37.6 Å². The fourth-order valence-electron chi connectivity index (χ4n) is 3.47. The largest absolute Gasteiger partial charge is 0.324 e. The van der Waals surface area contributed by atoms with Crippen LogP contribution < -0.4 is 10.9 Å². The van der Waals surface area contributed by atoms with Crippen molar-refractivity contribution in [1.29, 1.82) is 0 Å². The van der Waals surface area contributed by atoms with Crippen molar-refractivity contribution in [1.82, 2.24) is 24.7 Å². The van der Waals surface area contributed by atoms with E-state index in [4.69, 9.17) is 0 Å². The molecule has 2 N–H and O–H groups in total. The van der Waals surface area contributed by atoms with Gasteiger partial charge in [-0.1, -0.05) is 12.1 Å². The van der Waals surface area contributed by atoms with Crippen molar-refractivity contribution in [3.63, 3.8) is 0 Å². The van der Waals surface area contributed by atoms with E-state index in [1.165, 1.54) is 16.7 Å². The molecule has 148 valence electrons. The highest BCUT2D eigenvalue weighted by molar-refractivity contribution is 5.83. The van der Waals surface area contributed by atoms with Gasteiger partial charge in [0.1, 0.15) is 11.5 Å². The maximum absolute atomic E-state index is 13.1. The van der Waals surface area contributed by atoms with E-state index in [1.807, 2.05) is 18.2 Å². The first-order valence-corrected chi connectivity index (χ1v) is 9.37. The highest BCUT2D eigenvalue weighted by Gasteiger charge is 2.11. The Bertz CT molecular complexity index is 1440. The Morgan fingerprint density at radius 1 is 1.07 bits per heavy atom. The molecule has 5 rings (SSSR count). The molecule has 8 heteroatoms. The van der Waals surface area contributed by atoms with Crippen LogP contribution in [0.25, 0.3) is 21.9 Å². The minimum atomic E-state index is -0.300. The summed E-state index contributed by atoms with van der Waals surface area (Å²) in [6.07, 6.45) is 3.84. The number of H-pyrrole nitrogens is 1. The SMILES string of the molecule is Cn1c(=O)c(Cc2ccc(F)cc2)cc2cnc(Nc3ccc4[nH]ncc4c3)nc21. The van der Waals surface area contributed by atoms with Crippen LogP contribution in [0.1, 0.15) is 11.1 Å². The van der Waals surface area contributed by atoms with Crippen LogP contribution in [0.5, 0.6) is 0 Å². The minimum Gasteiger partial charge on any atom is -0.324 e. The molecule has 0 aliphatic heterocycles. The summed E-state index contributed by atoms with van der Waals surface area (Å²) in [6, 6.07) is 13.7. The van der Waals surface area contributed by atoms with Gasteiger partial charge in [0.05, 0.1) is 11.7 Å². The van der Waals surface area contributed by atoms with E-state index in [2.05, 4.69) is 25.5 Å². The van der Waals surface area contributed by atoms with E-state index in [9.17, 15) is 9.18 Å². The molecule has 0 radical (unpaired) electrons. The Balaban J connectivity index is 1.49. The van der Waals surface area contributed by atoms with Crippen LogP contribution in [0, 0.1) is 5.82 Å². The zero-order chi connectivity index (χ0) is 20.7. The maximum Gasteiger partial charge on any atom is 0.255 e. The number of nitrogens with zero attached hydrogens (tertiary/aromatic N) is 4. The third kappa shape index (κ3) is 3.28. The molecule has 0 aliphatic carbocycles. The predicted molar refractivity (Wildman–Crippen MR) is 113 cm³/mol. The number of rotatable bonds is 4. The number of nitrogens with one attached hydrogen (secondary N) is 2. The van der Waals surface area contributed by atoms with Gasteiger partial charge < -0.3 is 5.32 Å². The smallest absolute Gasteiger partial charge is 0.255 e. The standard InChI is InChI=1S/C22H17FN6O/c1-29-20-16(9-14(21(29)30)8-13-2-4-17(23)5-3-13)11-24-22(27-20)26-18-6-7-19-15(10-18)12-25-28-19/h2-7,9-12H,8H2,1H3,(H,25,28)(H,24,26,27). The zero-order valence-electron chi connectivity index (χ0n) is 16.1. The molecule has 0 saturated carbocycles. The topological polar surface area (TPSA) is 88.5 Å². The summed E-state index contributed by atoms with van der Waals surface area (Å²) in [6.45, 7) is 0. The van der Waals surface area contributed by atoms with Gasteiger partial charge in [-0.15, -0.1) is 0 Å². The zero-order valence-corrected chi connectivity index (χ0v) is 16.1. The van der Waals surface area contributed by atoms with Crippen molar-refractivity contribution in [2.45, 2.75) is 6.42 Å². The fraction of sp³-hybridized carbons (Fsp3) is 0.0909. The van der Waals surface area contributed by atoms with Gasteiger partial charge in [0.25, 0.3) is 5.56 Å². The molecule has 0 bridgehead atoms. The fourth-order valence-corrected chi connectivity index (χ4v) is 3.47. The maximum atomic E-state index is 13.1. The first kappa shape index (κ1) is 18.0. The quantitative estimate of drug-likeness (QED) is 0.480. The van der Waals surface area contributed by atoms with Gasteiger partial charge in [0.2, 0.25) is 5.95 Å². The Kier molecular flexibility index (Phi) is 4.24. The molecule has 0 amide bonds. The molecule has 3 heterocycles. The van der Waals surface area contributed by atoms with Crippen LogP contribution in [0.15, 0.2) is 65.7 Å². The summed E-state index contributed by atoms with van der Waals surface area (Å²) >= 11 is 0. The van der Waals surface area contributed by atoms with Crippen LogP contribution in [0.3, 0.4) is 0 Å². The Morgan fingerprint density at radius 3 is 2.73 bits per heavy atom. The molecule has 0 saturated heterocycles. The first-order valence-electron chi connectivity index (χ1n) is 9.37. The van der Waals surface area contributed by atoms with Gasteiger partial charge in [-0.05, 0) is 42.0 Å². The molecule has 0 aliphatic rings. The molecule has 30 heavy (non-hydrogen) atoms. The number of halogens is 1. The number of aryl methyl sites for hydroxylation is 1. The van der Waals surface area contributed by atoms with E-state index in [0.717, 1.165) is 27.5 Å². The second-order valence-corrected chi connectivity index (χ2v) is 7.11. The summed E-state index contributed by atoms with van der Waals surface area (Å²) in [5, 5.41) is 11.8. The van der Waals surface area contributed by atoms with Gasteiger partial charge in [-0.3, -0.25) is 14.5 Å². The van der Waals surface area contributed by atoms with Gasteiger partial charge in [0.15, 0.2) is 0 Å². The summed E-state index contributed by atoms with van der Waals surface area (Å²) < 4.78 is 14.7. The Morgan fingerprint density at radius 2 is 1.90 bits per heavy atom. The average molecular weight is 400 g/mol. The molecule has 0 unspecified atom stereocenters. The Hall–Kier alpha value is -4.07. The van der Waals surface area contributed by atoms with Crippen molar-refractivity contribution >= 4 is 33.6 Å². The number of aromatic nitrogens is 5. The van der Waals surface area contributed by atoms with Gasteiger partial charge >= 0.3 is 0 Å². The molecular weight excluding hydrogens is 383 g/mol. The molecule has 0 fully saturated rings. The third-order valence-corrected chi connectivity index (χ3v) is 5.03. The van der Waals surface area contributed by atoms with Crippen LogP contribution in [0.2, 0.25) is 0 Å². The van der Waals surface area contributed by atoms with Crippen LogP contribution >= 0.6 is 0 Å². The molecule has 5 aromatic rings. The summed E-state index contributed by atoms with van der Waals surface area (Å²) in [5.74, 6) is 0.0946. The van der Waals surface area contributed by atoms with Crippen LogP contribution in [-0.4, -0.2) is 24.7 Å². The van der Waals surface area contributed by atoms with Crippen molar-refractivity contribution in [3.05, 3.63) is 88.2 Å². The van der Waals surface area contributed by atoms with Gasteiger partial charge in [-0.2, -0.15) is 10.1 Å². The summed E-state index contributed by atoms with van der Waals surface area (Å²) in [4.78, 5) is 21.8. The average Bonchev–Trinajstić information content (AvgIpc) is 3.22. The number of benzene rings is 2. The lowest BCUT2D eigenvalue weighted by molar-refractivity contribution is 0.627. The normalized spacial score (nSPS) is 11.3. The number of fused-ring (bicyclic) bond motifs is 2. The highest BCUT2D eigenvalue weighted by atomic mass is 19.1. The number of hydrogen-bond donors (Lipinski definition) is 2. The highest BCUT2D eigenvalue weighted by Crippen LogP contribution is 2.21. The number of hydrogen-bond acceptors (Lipinski definition) is 5. The molecule has 0 atom stereocenters.